The van der Waals surface area contributed by atoms with E-state index in [1.54, 1.807) is 6.20 Å². The molecule has 0 saturated carbocycles. The minimum atomic E-state index is -3.02. The van der Waals surface area contributed by atoms with E-state index in [1.165, 1.54) is 11.8 Å². The predicted octanol–water partition coefficient (Wildman–Crippen LogP) is 3.44. The summed E-state index contributed by atoms with van der Waals surface area (Å²) in [4.78, 5) is 18.1. The van der Waals surface area contributed by atoms with Crippen molar-refractivity contribution in [3.63, 3.8) is 0 Å². The SMILES string of the molecule is CC(C)c1c(C2CC(=O)N2)cc(N2C[C@H](CS(C)(=O)=O)[C@H]2C)c2cnc(Cl)cc12. The van der Waals surface area contributed by atoms with Crippen molar-refractivity contribution in [2.45, 2.75) is 45.2 Å². The first kappa shape index (κ1) is 20.4. The second-order valence-electron chi connectivity index (χ2n) is 8.68. The van der Waals surface area contributed by atoms with Crippen molar-refractivity contribution in [1.29, 1.82) is 0 Å². The van der Waals surface area contributed by atoms with Crippen LogP contribution in [0.25, 0.3) is 10.8 Å². The Labute approximate surface area is 176 Å². The third kappa shape index (κ3) is 3.70. The Kier molecular flexibility index (Phi) is 5.02. The number of nitrogens with one attached hydrogen (secondary N) is 1. The van der Waals surface area contributed by atoms with Gasteiger partial charge in [-0.05, 0) is 41.5 Å². The smallest absolute Gasteiger partial charge is 0.222 e. The quantitative estimate of drug-likeness (QED) is 0.574. The molecule has 0 bridgehead atoms. The molecule has 1 aromatic carbocycles. The fourth-order valence-electron chi connectivity index (χ4n) is 4.62. The van der Waals surface area contributed by atoms with Crippen LogP contribution < -0.4 is 10.2 Å². The molecule has 4 rings (SSSR count). The van der Waals surface area contributed by atoms with Gasteiger partial charge in [0.25, 0.3) is 0 Å². The van der Waals surface area contributed by atoms with E-state index >= 15 is 0 Å². The van der Waals surface area contributed by atoms with E-state index in [0.717, 1.165) is 22.0 Å². The number of pyridine rings is 1. The molecule has 3 atom stereocenters. The highest BCUT2D eigenvalue weighted by Crippen LogP contribution is 2.44. The number of nitrogens with zero attached hydrogens (tertiary/aromatic N) is 2. The van der Waals surface area contributed by atoms with Crippen LogP contribution in [0, 0.1) is 5.92 Å². The first-order valence-electron chi connectivity index (χ1n) is 9.91. The van der Waals surface area contributed by atoms with Gasteiger partial charge in [0.2, 0.25) is 5.91 Å². The zero-order valence-corrected chi connectivity index (χ0v) is 18.6. The lowest BCUT2D eigenvalue weighted by Crippen LogP contribution is -2.57. The lowest BCUT2D eigenvalue weighted by molar-refractivity contribution is -0.128. The molecule has 156 valence electrons. The Hall–Kier alpha value is -1.86. The predicted molar refractivity (Wildman–Crippen MR) is 116 cm³/mol. The summed E-state index contributed by atoms with van der Waals surface area (Å²) in [5, 5.41) is 5.50. The van der Waals surface area contributed by atoms with Crippen molar-refractivity contribution in [2.75, 3.05) is 23.5 Å². The fourth-order valence-corrected chi connectivity index (χ4v) is 5.94. The molecule has 1 aromatic heterocycles. The van der Waals surface area contributed by atoms with Gasteiger partial charge < -0.3 is 10.2 Å². The van der Waals surface area contributed by atoms with Gasteiger partial charge in [0, 0.05) is 42.0 Å². The Morgan fingerprint density at radius 1 is 1.31 bits per heavy atom. The van der Waals surface area contributed by atoms with Crippen LogP contribution in [0.5, 0.6) is 0 Å². The fraction of sp³-hybridized carbons (Fsp3) is 0.524. The van der Waals surface area contributed by atoms with E-state index in [9.17, 15) is 13.2 Å². The number of β-lactam (4-membered cyclic amide) rings is 1. The Bertz CT molecular complexity index is 1090. The van der Waals surface area contributed by atoms with E-state index in [-0.39, 0.29) is 35.6 Å². The van der Waals surface area contributed by atoms with Gasteiger partial charge >= 0.3 is 0 Å². The highest BCUT2D eigenvalue weighted by Gasteiger charge is 2.39. The molecule has 0 aliphatic carbocycles. The molecule has 6 nitrogen and oxygen atoms in total. The van der Waals surface area contributed by atoms with Crippen LogP contribution in [0.1, 0.15) is 50.3 Å². The van der Waals surface area contributed by atoms with Crippen molar-refractivity contribution in [3.05, 3.63) is 34.6 Å². The van der Waals surface area contributed by atoms with Crippen LogP contribution >= 0.6 is 11.6 Å². The Morgan fingerprint density at radius 3 is 2.55 bits per heavy atom. The van der Waals surface area contributed by atoms with E-state index in [0.29, 0.717) is 18.1 Å². The van der Waals surface area contributed by atoms with Gasteiger partial charge in [0.1, 0.15) is 15.0 Å². The molecule has 8 heteroatoms. The Morgan fingerprint density at radius 2 is 2.00 bits per heavy atom. The number of sulfone groups is 1. The van der Waals surface area contributed by atoms with Gasteiger partial charge in [-0.3, -0.25) is 4.79 Å². The molecular weight excluding hydrogens is 410 g/mol. The van der Waals surface area contributed by atoms with Gasteiger partial charge in [-0.1, -0.05) is 25.4 Å². The van der Waals surface area contributed by atoms with Crippen molar-refractivity contribution < 1.29 is 13.2 Å². The van der Waals surface area contributed by atoms with Crippen molar-refractivity contribution in [3.8, 4) is 0 Å². The summed E-state index contributed by atoms with van der Waals surface area (Å²) in [6.45, 7) is 7.03. The third-order valence-electron chi connectivity index (χ3n) is 6.15. The highest BCUT2D eigenvalue weighted by atomic mass is 35.5. The van der Waals surface area contributed by atoms with Crippen LogP contribution in [0.2, 0.25) is 5.15 Å². The summed E-state index contributed by atoms with van der Waals surface area (Å²) in [7, 11) is -3.02. The molecular formula is C21H26ClN3O3S. The summed E-state index contributed by atoms with van der Waals surface area (Å²) in [5.74, 6) is 0.619. The molecule has 2 aliphatic heterocycles. The van der Waals surface area contributed by atoms with Gasteiger partial charge in [-0.15, -0.1) is 0 Å². The maximum atomic E-state index is 11.7. The highest BCUT2D eigenvalue weighted by molar-refractivity contribution is 7.90. The summed E-state index contributed by atoms with van der Waals surface area (Å²) in [6.07, 6.45) is 3.58. The second-order valence-corrected chi connectivity index (χ2v) is 11.2. The number of halogens is 1. The molecule has 0 spiro atoms. The minimum absolute atomic E-state index is 0.00149. The molecule has 2 aliphatic rings. The maximum absolute atomic E-state index is 11.7. The van der Waals surface area contributed by atoms with E-state index in [1.807, 2.05) is 6.07 Å². The lowest BCUT2D eigenvalue weighted by Gasteiger charge is -2.48. The van der Waals surface area contributed by atoms with Gasteiger partial charge in [0.05, 0.1) is 18.2 Å². The number of aromatic nitrogens is 1. The van der Waals surface area contributed by atoms with Crippen molar-refractivity contribution >= 4 is 43.8 Å². The topological polar surface area (TPSA) is 79.4 Å². The van der Waals surface area contributed by atoms with E-state index in [4.69, 9.17) is 11.6 Å². The maximum Gasteiger partial charge on any atom is 0.222 e. The monoisotopic (exact) mass is 435 g/mol. The van der Waals surface area contributed by atoms with Crippen molar-refractivity contribution in [2.24, 2.45) is 5.92 Å². The van der Waals surface area contributed by atoms with Gasteiger partial charge in [0.15, 0.2) is 0 Å². The molecule has 2 aromatic rings. The van der Waals surface area contributed by atoms with E-state index < -0.39 is 9.84 Å². The molecule has 3 heterocycles. The molecule has 1 unspecified atom stereocenters. The summed E-state index contributed by atoms with van der Waals surface area (Å²) < 4.78 is 23.5. The second kappa shape index (κ2) is 7.13. The summed E-state index contributed by atoms with van der Waals surface area (Å²) in [5.41, 5.74) is 3.32. The molecule has 2 fully saturated rings. The van der Waals surface area contributed by atoms with Crippen LogP contribution in [0.4, 0.5) is 5.69 Å². The number of hydrogen-bond donors (Lipinski definition) is 1. The average Bonchev–Trinajstić information content (AvgIpc) is 2.59. The van der Waals surface area contributed by atoms with E-state index in [2.05, 4.69) is 42.0 Å². The normalized spacial score (nSPS) is 24.4. The zero-order valence-electron chi connectivity index (χ0n) is 17.1. The van der Waals surface area contributed by atoms with Crippen molar-refractivity contribution in [1.82, 2.24) is 10.3 Å². The molecule has 1 amide bonds. The van der Waals surface area contributed by atoms with Crippen LogP contribution in [-0.2, 0) is 14.6 Å². The number of benzene rings is 1. The number of anilines is 1. The largest absolute Gasteiger partial charge is 0.367 e. The molecule has 2 saturated heterocycles. The average molecular weight is 436 g/mol. The molecule has 29 heavy (non-hydrogen) atoms. The zero-order chi connectivity index (χ0) is 21.1. The van der Waals surface area contributed by atoms with Crippen LogP contribution in [0.3, 0.4) is 0 Å². The number of hydrogen-bond acceptors (Lipinski definition) is 5. The number of rotatable bonds is 5. The number of amides is 1. The van der Waals surface area contributed by atoms with Crippen LogP contribution in [-0.4, -0.2) is 43.9 Å². The number of carbonyl (C=O) groups excluding carboxylic acids is 1. The molecule has 1 N–H and O–H groups in total. The number of carbonyl (C=O) groups is 1. The third-order valence-corrected chi connectivity index (χ3v) is 7.39. The van der Waals surface area contributed by atoms with Crippen LogP contribution in [0.15, 0.2) is 18.3 Å². The molecule has 0 radical (unpaired) electrons. The first-order chi connectivity index (χ1) is 13.5. The Balaban J connectivity index is 1.82. The van der Waals surface area contributed by atoms with Gasteiger partial charge in [-0.2, -0.15) is 0 Å². The summed E-state index contributed by atoms with van der Waals surface area (Å²) >= 11 is 6.24. The summed E-state index contributed by atoms with van der Waals surface area (Å²) in [6, 6.07) is 4.17. The first-order valence-corrected chi connectivity index (χ1v) is 12.3. The lowest BCUT2D eigenvalue weighted by atomic mass is 9.83. The standard InChI is InChI=1S/C21H26ClN3O3S/c1-11(2)21-14-6-19(22)23-8-16(14)18(5-15(21)17-7-20(26)24-17)25-9-13(12(25)3)10-29(4,27)28/h5-6,8,11-13,17H,7,9-10H2,1-4H3,(H,24,26)/t12-,13-,17?/m1/s1. The number of fused-ring (bicyclic) bond motifs is 1. The van der Waals surface area contributed by atoms with Gasteiger partial charge in [-0.25, -0.2) is 13.4 Å². The minimum Gasteiger partial charge on any atom is -0.367 e.